The summed E-state index contributed by atoms with van der Waals surface area (Å²) in [5, 5.41) is 9.43. The SMILES string of the molecule is COC(=O)[C@H](c1ccccc1Cl)N1CCN(c2ccc(C#N)cn2)CC1. The number of carbonyl (C=O) groups is 1. The average molecular weight is 371 g/mol. The van der Waals surface area contributed by atoms with Gasteiger partial charge in [-0.15, -0.1) is 0 Å². The molecule has 6 nitrogen and oxygen atoms in total. The molecule has 0 amide bonds. The summed E-state index contributed by atoms with van der Waals surface area (Å²) >= 11 is 6.31. The molecule has 0 bridgehead atoms. The second-order valence-corrected chi connectivity index (χ2v) is 6.39. The van der Waals surface area contributed by atoms with Crippen LogP contribution in [0, 0.1) is 11.3 Å². The molecule has 1 aromatic carbocycles. The molecule has 1 aliphatic heterocycles. The van der Waals surface area contributed by atoms with Crippen LogP contribution in [0.15, 0.2) is 42.6 Å². The Balaban J connectivity index is 1.74. The van der Waals surface area contributed by atoms with Crippen LogP contribution in [0.25, 0.3) is 0 Å². The number of methoxy groups -OCH3 is 1. The number of hydrogen-bond donors (Lipinski definition) is 0. The molecule has 7 heteroatoms. The predicted molar refractivity (Wildman–Crippen MR) is 98.9 cm³/mol. The van der Waals surface area contributed by atoms with Gasteiger partial charge in [0.05, 0.1) is 12.7 Å². The van der Waals surface area contributed by atoms with Crippen LogP contribution in [0.2, 0.25) is 5.02 Å². The highest BCUT2D eigenvalue weighted by Gasteiger charge is 2.32. The van der Waals surface area contributed by atoms with Crippen molar-refractivity contribution >= 4 is 23.4 Å². The lowest BCUT2D eigenvalue weighted by Crippen LogP contribution is -2.49. The molecule has 1 aliphatic rings. The molecule has 134 valence electrons. The Hall–Kier alpha value is -2.62. The van der Waals surface area contributed by atoms with Gasteiger partial charge in [-0.3, -0.25) is 4.90 Å². The molecule has 2 aromatic rings. The van der Waals surface area contributed by atoms with Crippen LogP contribution in [0.4, 0.5) is 5.82 Å². The van der Waals surface area contributed by atoms with Crippen molar-refractivity contribution in [2.24, 2.45) is 0 Å². The first kappa shape index (κ1) is 18.2. The molecule has 1 aromatic heterocycles. The summed E-state index contributed by atoms with van der Waals surface area (Å²) in [6.45, 7) is 2.78. The maximum atomic E-state index is 12.4. The van der Waals surface area contributed by atoms with Gasteiger partial charge in [0, 0.05) is 37.4 Å². The highest BCUT2D eigenvalue weighted by atomic mass is 35.5. The number of halogens is 1. The lowest BCUT2D eigenvalue weighted by molar-refractivity contribution is -0.147. The van der Waals surface area contributed by atoms with E-state index < -0.39 is 6.04 Å². The Kier molecular flexibility index (Phi) is 5.71. The van der Waals surface area contributed by atoms with Crippen molar-refractivity contribution in [3.63, 3.8) is 0 Å². The number of hydrogen-bond acceptors (Lipinski definition) is 6. The number of aromatic nitrogens is 1. The maximum Gasteiger partial charge on any atom is 0.327 e. The van der Waals surface area contributed by atoms with Crippen molar-refractivity contribution in [2.45, 2.75) is 6.04 Å². The molecule has 3 rings (SSSR count). The number of anilines is 1. The average Bonchev–Trinajstić information content (AvgIpc) is 2.70. The molecule has 2 heterocycles. The molecule has 1 saturated heterocycles. The second kappa shape index (κ2) is 8.17. The minimum Gasteiger partial charge on any atom is -0.468 e. The predicted octanol–water partition coefficient (Wildman–Crippen LogP) is 2.64. The molecule has 0 unspecified atom stereocenters. The monoisotopic (exact) mass is 370 g/mol. The molecule has 1 atom stereocenters. The number of esters is 1. The smallest absolute Gasteiger partial charge is 0.327 e. The third-order valence-corrected chi connectivity index (χ3v) is 4.85. The molecule has 0 saturated carbocycles. The topological polar surface area (TPSA) is 69.5 Å². The zero-order chi connectivity index (χ0) is 18.5. The summed E-state index contributed by atoms with van der Waals surface area (Å²) in [5.74, 6) is 0.513. The third kappa shape index (κ3) is 3.79. The molecule has 26 heavy (non-hydrogen) atoms. The van der Waals surface area contributed by atoms with E-state index in [0.717, 1.165) is 24.5 Å². The molecule has 0 N–H and O–H groups in total. The Morgan fingerprint density at radius 3 is 2.54 bits per heavy atom. The van der Waals surface area contributed by atoms with Gasteiger partial charge in [0.15, 0.2) is 0 Å². The van der Waals surface area contributed by atoms with Gasteiger partial charge >= 0.3 is 5.97 Å². The summed E-state index contributed by atoms with van der Waals surface area (Å²) in [7, 11) is 1.39. The number of nitrogens with zero attached hydrogens (tertiary/aromatic N) is 4. The van der Waals surface area contributed by atoms with Crippen LogP contribution < -0.4 is 4.90 Å². The third-order valence-electron chi connectivity index (χ3n) is 4.50. The molecule has 0 radical (unpaired) electrons. The van der Waals surface area contributed by atoms with Crippen molar-refractivity contribution < 1.29 is 9.53 Å². The van der Waals surface area contributed by atoms with Gasteiger partial charge in [0.2, 0.25) is 0 Å². The normalized spacial score (nSPS) is 16.0. The molecule has 0 aliphatic carbocycles. The van der Waals surface area contributed by atoms with Gasteiger partial charge in [-0.1, -0.05) is 29.8 Å². The number of nitriles is 1. The van der Waals surface area contributed by atoms with E-state index in [0.29, 0.717) is 23.7 Å². The van der Waals surface area contributed by atoms with Crippen molar-refractivity contribution in [2.75, 3.05) is 38.2 Å². The molecule has 0 spiro atoms. The van der Waals surface area contributed by atoms with Gasteiger partial charge in [-0.05, 0) is 23.8 Å². The summed E-state index contributed by atoms with van der Waals surface area (Å²) in [6.07, 6.45) is 1.57. The van der Waals surface area contributed by atoms with E-state index in [-0.39, 0.29) is 5.97 Å². The van der Waals surface area contributed by atoms with Crippen LogP contribution in [0.3, 0.4) is 0 Å². The highest BCUT2D eigenvalue weighted by Crippen LogP contribution is 2.30. The Morgan fingerprint density at radius 2 is 1.96 bits per heavy atom. The second-order valence-electron chi connectivity index (χ2n) is 5.99. The van der Waals surface area contributed by atoms with Gasteiger partial charge < -0.3 is 9.64 Å². The van der Waals surface area contributed by atoms with E-state index >= 15 is 0 Å². The first-order valence-corrected chi connectivity index (χ1v) is 8.69. The summed E-state index contributed by atoms with van der Waals surface area (Å²) < 4.78 is 5.02. The van der Waals surface area contributed by atoms with Crippen molar-refractivity contribution in [1.82, 2.24) is 9.88 Å². The summed E-state index contributed by atoms with van der Waals surface area (Å²) in [4.78, 5) is 21.0. The van der Waals surface area contributed by atoms with Gasteiger partial charge in [0.1, 0.15) is 17.9 Å². The van der Waals surface area contributed by atoms with Crippen LogP contribution in [0.1, 0.15) is 17.2 Å². The van der Waals surface area contributed by atoms with Crippen LogP contribution in [-0.2, 0) is 9.53 Å². The van der Waals surface area contributed by atoms with Crippen molar-refractivity contribution in [3.8, 4) is 6.07 Å². The molecular formula is C19H19ClN4O2. The van der Waals surface area contributed by atoms with E-state index in [2.05, 4.69) is 20.9 Å². The zero-order valence-corrected chi connectivity index (χ0v) is 15.2. The van der Waals surface area contributed by atoms with Crippen molar-refractivity contribution in [3.05, 3.63) is 58.7 Å². The van der Waals surface area contributed by atoms with Gasteiger partial charge in [-0.2, -0.15) is 5.26 Å². The fraction of sp³-hybridized carbons (Fsp3) is 0.316. The molecular weight excluding hydrogens is 352 g/mol. The Morgan fingerprint density at radius 1 is 1.23 bits per heavy atom. The van der Waals surface area contributed by atoms with E-state index in [1.54, 1.807) is 18.3 Å². The summed E-state index contributed by atoms with van der Waals surface area (Å²) in [6, 6.07) is 12.5. The zero-order valence-electron chi connectivity index (χ0n) is 14.4. The maximum absolute atomic E-state index is 12.4. The molecule has 1 fully saturated rings. The largest absolute Gasteiger partial charge is 0.468 e. The summed E-state index contributed by atoms with van der Waals surface area (Å²) in [5.41, 5.74) is 1.29. The lowest BCUT2D eigenvalue weighted by Gasteiger charge is -2.38. The van der Waals surface area contributed by atoms with Gasteiger partial charge in [0.25, 0.3) is 0 Å². The Bertz CT molecular complexity index is 811. The number of carbonyl (C=O) groups excluding carboxylic acids is 1. The number of pyridine rings is 1. The van der Waals surface area contributed by atoms with Crippen molar-refractivity contribution in [1.29, 1.82) is 5.26 Å². The van der Waals surface area contributed by atoms with E-state index in [1.807, 2.05) is 24.3 Å². The lowest BCUT2D eigenvalue weighted by atomic mass is 10.0. The Labute approximate surface area is 157 Å². The van der Waals surface area contributed by atoms with Crippen LogP contribution in [0.5, 0.6) is 0 Å². The minimum atomic E-state index is -0.523. The standard InChI is InChI=1S/C19H19ClN4O2/c1-26-19(25)18(15-4-2-3-5-16(15)20)24-10-8-23(9-11-24)17-7-6-14(12-21)13-22-17/h2-7,13,18H,8-11H2,1H3/t18-/m0/s1. The van der Waals surface area contributed by atoms with Gasteiger partial charge in [-0.25, -0.2) is 9.78 Å². The number of rotatable bonds is 4. The van der Waals surface area contributed by atoms with E-state index in [4.69, 9.17) is 21.6 Å². The number of piperazine rings is 1. The quantitative estimate of drug-likeness (QED) is 0.770. The van der Waals surface area contributed by atoms with E-state index in [1.165, 1.54) is 7.11 Å². The van der Waals surface area contributed by atoms with E-state index in [9.17, 15) is 4.79 Å². The fourth-order valence-corrected chi connectivity index (χ4v) is 3.37. The highest BCUT2D eigenvalue weighted by molar-refractivity contribution is 6.31. The first-order valence-electron chi connectivity index (χ1n) is 8.31. The minimum absolute atomic E-state index is 0.317. The fourth-order valence-electron chi connectivity index (χ4n) is 3.13. The number of ether oxygens (including phenoxy) is 1. The van der Waals surface area contributed by atoms with Crippen LogP contribution in [-0.4, -0.2) is 49.1 Å². The number of benzene rings is 1. The first-order chi connectivity index (χ1) is 12.6. The van der Waals surface area contributed by atoms with Crippen LogP contribution >= 0.6 is 11.6 Å².